The first-order chi connectivity index (χ1) is 6.28. The zero-order chi connectivity index (χ0) is 10.7. The fourth-order valence-corrected chi connectivity index (χ4v) is 2.42. The van der Waals surface area contributed by atoms with Gasteiger partial charge in [0, 0.05) is 13.8 Å². The van der Waals surface area contributed by atoms with Gasteiger partial charge in [0.25, 0.3) is 5.66 Å². The van der Waals surface area contributed by atoms with Crippen LogP contribution in [0.3, 0.4) is 0 Å². The van der Waals surface area contributed by atoms with E-state index in [1.54, 1.807) is 25.8 Å². The van der Waals surface area contributed by atoms with E-state index in [2.05, 4.69) is 0 Å². The highest BCUT2D eigenvalue weighted by molar-refractivity contribution is 5.83. The molecule has 2 aliphatic rings. The van der Waals surface area contributed by atoms with Crippen molar-refractivity contribution in [2.75, 3.05) is 0 Å². The summed E-state index contributed by atoms with van der Waals surface area (Å²) in [6, 6.07) is -0.0773. The number of hydroxylamine groups is 3. The van der Waals surface area contributed by atoms with Gasteiger partial charge in [0.2, 0.25) is 0 Å². The van der Waals surface area contributed by atoms with Gasteiger partial charge in [-0.1, -0.05) is 0 Å². The highest BCUT2D eigenvalue weighted by atomic mass is 16.8. The van der Waals surface area contributed by atoms with E-state index < -0.39 is 11.4 Å². The van der Waals surface area contributed by atoms with Gasteiger partial charge in [-0.2, -0.15) is 4.74 Å². The molecule has 5 heteroatoms. The van der Waals surface area contributed by atoms with E-state index in [0.29, 0.717) is 6.42 Å². The molecule has 0 spiro atoms. The predicted octanol–water partition coefficient (Wildman–Crippen LogP) is 0.422. The first-order valence-corrected chi connectivity index (χ1v) is 4.80. The average Bonchev–Trinajstić information content (AvgIpc) is 2.39. The number of aliphatic hydroxyl groups is 1. The van der Waals surface area contributed by atoms with Gasteiger partial charge < -0.3 is 10.3 Å². The molecule has 14 heavy (non-hydrogen) atoms. The summed E-state index contributed by atoms with van der Waals surface area (Å²) in [5.41, 5.74) is -0.0319. The van der Waals surface area contributed by atoms with Crippen LogP contribution >= 0.6 is 0 Å². The zero-order valence-corrected chi connectivity index (χ0v) is 8.94. The summed E-state index contributed by atoms with van der Waals surface area (Å²) in [5, 5.41) is 23.2. The van der Waals surface area contributed by atoms with Gasteiger partial charge in [0.05, 0.1) is 6.42 Å². The molecule has 0 bridgehead atoms. The predicted molar refractivity (Wildman–Crippen MR) is 50.3 cm³/mol. The Morgan fingerprint density at radius 3 is 2.71 bits per heavy atom. The van der Waals surface area contributed by atoms with Crippen LogP contribution in [0.15, 0.2) is 0 Å². The van der Waals surface area contributed by atoms with Gasteiger partial charge >= 0.3 is 0 Å². The third kappa shape index (κ3) is 1.03. The Morgan fingerprint density at radius 2 is 2.21 bits per heavy atom. The molecular formula is C9H16N2O3. The Morgan fingerprint density at radius 1 is 1.64 bits per heavy atom. The topological polar surface area (TPSA) is 58.8 Å². The normalized spacial score (nSPS) is 48.8. The number of fused-ring (bicyclic) bond motifs is 1. The molecule has 0 aliphatic carbocycles. The molecule has 0 unspecified atom stereocenters. The van der Waals surface area contributed by atoms with Crippen molar-refractivity contribution in [2.45, 2.75) is 51.6 Å². The van der Waals surface area contributed by atoms with E-state index in [9.17, 15) is 10.3 Å². The van der Waals surface area contributed by atoms with Crippen LogP contribution in [0.1, 0.15) is 34.1 Å². The largest absolute Gasteiger partial charge is 0.622 e. The quantitative estimate of drug-likeness (QED) is 0.455. The molecule has 5 nitrogen and oxygen atoms in total. The third-order valence-corrected chi connectivity index (χ3v) is 3.15. The molecule has 2 rings (SSSR count). The van der Waals surface area contributed by atoms with E-state index in [-0.39, 0.29) is 6.04 Å². The third-order valence-electron chi connectivity index (χ3n) is 3.15. The minimum absolute atomic E-state index is 0.0773. The number of rotatable bonds is 0. The first-order valence-electron chi connectivity index (χ1n) is 4.80. The molecule has 0 aromatic heterocycles. The second-order valence-corrected chi connectivity index (χ2v) is 4.60. The van der Waals surface area contributed by atoms with E-state index in [1.807, 2.05) is 6.92 Å². The molecule has 0 amide bonds. The molecule has 1 N–H and O–H groups in total. The molecule has 0 aromatic carbocycles. The maximum absolute atomic E-state index is 11.9. The van der Waals surface area contributed by atoms with Gasteiger partial charge in [-0.05, 0) is 13.8 Å². The SMILES string of the molecule is CC1=[N+]([O-])[C@]2(C)C[C@@](C)(O)ON2[C@H]1C. The number of nitrogens with zero attached hydrogens (tertiary/aromatic N) is 2. The van der Waals surface area contributed by atoms with E-state index in [4.69, 9.17) is 4.84 Å². The summed E-state index contributed by atoms with van der Waals surface area (Å²) in [6.45, 7) is 7.05. The number of hydrogen-bond acceptors (Lipinski definition) is 4. The van der Waals surface area contributed by atoms with Crippen LogP contribution in [0, 0.1) is 5.21 Å². The molecular weight excluding hydrogens is 184 g/mol. The van der Waals surface area contributed by atoms with Crippen LogP contribution in [-0.2, 0) is 4.84 Å². The Balaban J connectivity index is 2.42. The Bertz CT molecular complexity index is 313. The standard InChI is InChI=1S/C9H16N2O3/c1-6-7(2)11-8(3,10(6)13)5-9(4,12)14-11/h7,12H,5H2,1-4H3/t7-,8-,9-/m0/s1. The maximum atomic E-state index is 11.9. The molecule has 0 radical (unpaired) electrons. The van der Waals surface area contributed by atoms with Crippen LogP contribution in [-0.4, -0.2) is 38.1 Å². The first kappa shape index (κ1) is 9.89. The van der Waals surface area contributed by atoms with Gasteiger partial charge in [-0.3, -0.25) is 4.84 Å². The second-order valence-electron chi connectivity index (χ2n) is 4.60. The van der Waals surface area contributed by atoms with Crippen molar-refractivity contribution in [1.82, 2.24) is 5.06 Å². The van der Waals surface area contributed by atoms with Gasteiger partial charge in [0.15, 0.2) is 11.5 Å². The second kappa shape index (κ2) is 2.48. The van der Waals surface area contributed by atoms with Gasteiger partial charge in [0.1, 0.15) is 6.04 Å². The molecule has 2 aliphatic heterocycles. The molecule has 1 saturated heterocycles. The van der Waals surface area contributed by atoms with Gasteiger partial charge in [-0.25, -0.2) is 0 Å². The van der Waals surface area contributed by atoms with Crippen LogP contribution in [0.25, 0.3) is 0 Å². The lowest BCUT2D eigenvalue weighted by atomic mass is 10.1. The molecule has 80 valence electrons. The summed E-state index contributed by atoms with van der Waals surface area (Å²) in [5.74, 6) is -1.23. The van der Waals surface area contributed by atoms with Crippen molar-refractivity contribution in [2.24, 2.45) is 0 Å². The van der Waals surface area contributed by atoms with E-state index in [0.717, 1.165) is 10.5 Å². The average molecular weight is 200 g/mol. The van der Waals surface area contributed by atoms with Crippen LogP contribution in [0.4, 0.5) is 0 Å². The zero-order valence-electron chi connectivity index (χ0n) is 8.94. The fourth-order valence-electron chi connectivity index (χ4n) is 2.42. The molecule has 3 atom stereocenters. The highest BCUT2D eigenvalue weighted by Crippen LogP contribution is 2.42. The summed E-state index contributed by atoms with van der Waals surface area (Å²) >= 11 is 0. The monoisotopic (exact) mass is 200 g/mol. The van der Waals surface area contributed by atoms with Crippen LogP contribution in [0.2, 0.25) is 0 Å². The highest BCUT2D eigenvalue weighted by Gasteiger charge is 2.62. The molecule has 0 aromatic rings. The lowest BCUT2D eigenvalue weighted by molar-refractivity contribution is -0.572. The van der Waals surface area contributed by atoms with Crippen LogP contribution < -0.4 is 0 Å². The van der Waals surface area contributed by atoms with E-state index in [1.165, 1.54) is 0 Å². The molecule has 1 fully saturated rings. The summed E-state index contributed by atoms with van der Waals surface area (Å²) in [4.78, 5) is 5.36. The summed E-state index contributed by atoms with van der Waals surface area (Å²) in [6.07, 6.45) is 0.297. The molecule has 0 saturated carbocycles. The smallest absolute Gasteiger partial charge is 0.253 e. The van der Waals surface area contributed by atoms with Crippen molar-refractivity contribution in [3.8, 4) is 0 Å². The maximum Gasteiger partial charge on any atom is 0.253 e. The van der Waals surface area contributed by atoms with Crippen molar-refractivity contribution < 1.29 is 14.7 Å². The Labute approximate surface area is 83.1 Å². The lowest BCUT2D eigenvalue weighted by Gasteiger charge is -2.23. The number of hydrogen-bond donors (Lipinski definition) is 1. The minimum Gasteiger partial charge on any atom is -0.622 e. The van der Waals surface area contributed by atoms with E-state index >= 15 is 0 Å². The Kier molecular flexibility index (Phi) is 1.75. The molecule has 2 heterocycles. The van der Waals surface area contributed by atoms with Crippen molar-refractivity contribution in [1.29, 1.82) is 0 Å². The lowest BCUT2D eigenvalue weighted by Crippen LogP contribution is -2.44. The fraction of sp³-hybridized carbons (Fsp3) is 0.889. The van der Waals surface area contributed by atoms with Crippen molar-refractivity contribution in [3.63, 3.8) is 0 Å². The van der Waals surface area contributed by atoms with Crippen molar-refractivity contribution >= 4 is 5.71 Å². The Hall–Kier alpha value is -0.650. The minimum atomic E-state index is -1.23. The summed E-state index contributed by atoms with van der Waals surface area (Å²) < 4.78 is 0.944. The summed E-state index contributed by atoms with van der Waals surface area (Å²) in [7, 11) is 0. The van der Waals surface area contributed by atoms with Gasteiger partial charge in [-0.15, -0.1) is 5.06 Å². The van der Waals surface area contributed by atoms with Crippen LogP contribution in [0.5, 0.6) is 0 Å². The van der Waals surface area contributed by atoms with Crippen molar-refractivity contribution in [3.05, 3.63) is 5.21 Å².